The molecule has 1 aromatic rings. The molecule has 6 N–H and O–H groups in total. The van der Waals surface area contributed by atoms with Gasteiger partial charge in [-0.2, -0.15) is 0 Å². The van der Waals surface area contributed by atoms with Gasteiger partial charge in [-0.05, 0) is 93.1 Å². The highest BCUT2D eigenvalue weighted by atomic mass is 16.5. The molecule has 65 heavy (non-hydrogen) atoms. The number of methoxy groups -OCH3 is 1. The molecule has 10 heteroatoms. The predicted octanol–water partition coefficient (Wildman–Crippen LogP) is 11.1. The van der Waals surface area contributed by atoms with Crippen LogP contribution in [0.3, 0.4) is 0 Å². The molecule has 362 valence electrons. The molecule has 10 nitrogen and oxygen atoms in total. The molecule has 0 radical (unpaired) electrons. The zero-order valence-corrected chi connectivity index (χ0v) is 42.2. The Balaban J connectivity index is 1.18. The molecule has 8 bridgehead atoms. The Morgan fingerprint density at radius 1 is 0.800 bits per heavy atom. The van der Waals surface area contributed by atoms with Gasteiger partial charge < -0.3 is 40.6 Å². The quantitative estimate of drug-likeness (QED) is 0.0664. The zero-order valence-electron chi connectivity index (χ0n) is 42.2. The number of aromatic nitrogens is 1. The van der Waals surface area contributed by atoms with Crippen molar-refractivity contribution in [2.24, 2.45) is 59.2 Å². The number of hydrogen-bond donors (Lipinski definition) is 6. The van der Waals surface area contributed by atoms with Crippen LogP contribution in [0.1, 0.15) is 181 Å². The first-order valence-electron chi connectivity index (χ1n) is 25.7. The first-order chi connectivity index (χ1) is 30.9. The van der Waals surface area contributed by atoms with E-state index in [-0.39, 0.29) is 48.0 Å². The lowest BCUT2D eigenvalue weighted by molar-refractivity contribution is -0.146. The molecule has 1 aromatic heterocycles. The van der Waals surface area contributed by atoms with Crippen LogP contribution in [0.2, 0.25) is 0 Å². The van der Waals surface area contributed by atoms with Crippen molar-refractivity contribution in [1.29, 1.82) is 0 Å². The van der Waals surface area contributed by atoms with E-state index in [9.17, 15) is 19.8 Å². The van der Waals surface area contributed by atoms with Crippen LogP contribution < -0.4 is 16.0 Å². The topological polar surface area (TPSA) is 145 Å². The molecule has 4 aliphatic heterocycles. The van der Waals surface area contributed by atoms with Gasteiger partial charge in [-0.1, -0.05) is 113 Å². The number of allylic oxidation sites excluding steroid dienone is 5. The highest BCUT2D eigenvalue weighted by molar-refractivity contribution is 5.95. The van der Waals surface area contributed by atoms with Crippen LogP contribution in [0.15, 0.2) is 46.2 Å². The Labute approximate surface area is 392 Å². The molecule has 0 aromatic carbocycles. The molecule has 3 unspecified atom stereocenters. The van der Waals surface area contributed by atoms with E-state index in [2.05, 4.69) is 101 Å². The van der Waals surface area contributed by atoms with Crippen LogP contribution in [-0.4, -0.2) is 53.0 Å². The summed E-state index contributed by atoms with van der Waals surface area (Å²) in [6.45, 7) is 24.7. The number of esters is 2. The standard InChI is InChI=1S/C55H86N4O6/c1-13-39-34(7)41-29-46-48(38(11)60)36(9)43(57-46)27-42-35(8)40(52(58-42)50-51(55(63)64-12)54(62)49-37(10)44(59-53(49)50)28-45(39)56-41)23-24-47(61)65-26-25-33(6)22-16-21-32(5)20-15-19-31(4)18-14-17-30(2)3/h27-35,38-40,46,48,51,54,56-60,62H,13-26H2,1-12H3/b41-29-,42-27-,45-28-,52-50-/t31-,32-,33?,34-,35+,38?,39-,40+,46+,48?,51-,54+/m1/s1. The highest BCUT2D eigenvalue weighted by Gasteiger charge is 2.49. The van der Waals surface area contributed by atoms with E-state index in [0.717, 1.165) is 88.0 Å². The minimum Gasteiger partial charge on any atom is -0.468 e. The summed E-state index contributed by atoms with van der Waals surface area (Å²) in [7, 11) is 1.37. The number of nitrogens with one attached hydrogen (secondary N) is 4. The zero-order chi connectivity index (χ0) is 47.3. The van der Waals surface area contributed by atoms with Crippen molar-refractivity contribution in [2.45, 2.75) is 178 Å². The number of aliphatic hydroxyl groups is 2. The van der Waals surface area contributed by atoms with Crippen LogP contribution in [0.4, 0.5) is 0 Å². The summed E-state index contributed by atoms with van der Waals surface area (Å²) in [4.78, 5) is 30.9. The Morgan fingerprint density at radius 2 is 1.42 bits per heavy atom. The number of aliphatic hydroxyl groups excluding tert-OH is 2. The van der Waals surface area contributed by atoms with Crippen molar-refractivity contribution in [2.75, 3.05) is 13.7 Å². The van der Waals surface area contributed by atoms with Crippen molar-refractivity contribution in [1.82, 2.24) is 20.9 Å². The summed E-state index contributed by atoms with van der Waals surface area (Å²) in [6, 6.07) is -0.119. The van der Waals surface area contributed by atoms with Crippen molar-refractivity contribution < 1.29 is 29.3 Å². The van der Waals surface area contributed by atoms with Crippen LogP contribution in [0.5, 0.6) is 0 Å². The van der Waals surface area contributed by atoms with Crippen molar-refractivity contribution >= 4 is 23.6 Å². The van der Waals surface area contributed by atoms with E-state index < -0.39 is 24.1 Å². The van der Waals surface area contributed by atoms with Crippen LogP contribution in [-0.2, 0) is 19.1 Å². The van der Waals surface area contributed by atoms with Gasteiger partial charge in [-0.25, -0.2) is 0 Å². The monoisotopic (exact) mass is 899 g/mol. The minimum absolute atomic E-state index is 0.0637. The molecule has 6 rings (SSSR count). The molecule has 5 aliphatic rings. The second kappa shape index (κ2) is 22.4. The number of hydrogen-bond acceptors (Lipinski definition) is 9. The van der Waals surface area contributed by atoms with Gasteiger partial charge in [0.25, 0.3) is 0 Å². The maximum absolute atomic E-state index is 13.7. The molecule has 0 amide bonds. The van der Waals surface area contributed by atoms with Gasteiger partial charge in [0.05, 0.1) is 37.7 Å². The summed E-state index contributed by atoms with van der Waals surface area (Å²) in [5, 5.41) is 34.5. The second-order valence-corrected chi connectivity index (χ2v) is 21.6. The lowest BCUT2D eigenvalue weighted by atomic mass is 9.84. The van der Waals surface area contributed by atoms with E-state index in [1.54, 1.807) is 0 Å². The van der Waals surface area contributed by atoms with Gasteiger partial charge in [-0.15, -0.1) is 0 Å². The average molecular weight is 899 g/mol. The number of aromatic amines is 1. The Bertz CT molecular complexity index is 2000. The Morgan fingerprint density at radius 3 is 2.02 bits per heavy atom. The van der Waals surface area contributed by atoms with Gasteiger partial charge >= 0.3 is 11.9 Å². The van der Waals surface area contributed by atoms with E-state index >= 15 is 0 Å². The molecule has 1 aliphatic carbocycles. The Hall–Kier alpha value is -3.76. The lowest BCUT2D eigenvalue weighted by Gasteiger charge is -2.23. The number of carbonyl (C=O) groups excluding carboxylic acids is 2. The van der Waals surface area contributed by atoms with E-state index in [0.29, 0.717) is 30.1 Å². The molecule has 2 fully saturated rings. The fourth-order valence-electron chi connectivity index (χ4n) is 11.9. The summed E-state index contributed by atoms with van der Waals surface area (Å²) in [6.07, 6.45) is 19.1. The predicted molar refractivity (Wildman–Crippen MR) is 262 cm³/mol. The number of rotatable bonds is 21. The fraction of sp³-hybridized carbons (Fsp3) is 0.709. The molecule has 0 spiro atoms. The number of fused-ring (bicyclic) bond motifs is 7. The van der Waals surface area contributed by atoms with Gasteiger partial charge in [-0.3, -0.25) is 9.59 Å². The maximum atomic E-state index is 13.7. The number of carbonyl (C=O) groups is 2. The molecular formula is C55H86N4O6. The number of ether oxygens (including phenoxy) is 2. The van der Waals surface area contributed by atoms with Gasteiger partial charge in [0.1, 0.15) is 5.92 Å². The first kappa shape index (κ1) is 50.6. The van der Waals surface area contributed by atoms with E-state index in [4.69, 9.17) is 9.47 Å². The van der Waals surface area contributed by atoms with Crippen molar-refractivity contribution in [3.05, 3.63) is 68.7 Å². The average Bonchev–Trinajstić information content (AvgIpc) is 4.00. The van der Waals surface area contributed by atoms with Crippen molar-refractivity contribution in [3.63, 3.8) is 0 Å². The largest absolute Gasteiger partial charge is 0.468 e. The summed E-state index contributed by atoms with van der Waals surface area (Å²) in [5.41, 5.74) is 9.93. The second-order valence-electron chi connectivity index (χ2n) is 21.6. The van der Waals surface area contributed by atoms with Gasteiger partial charge in [0, 0.05) is 81.3 Å². The van der Waals surface area contributed by atoms with Gasteiger partial charge in [0.15, 0.2) is 0 Å². The lowest BCUT2D eigenvalue weighted by Crippen LogP contribution is -2.34. The molecule has 2 saturated heterocycles. The minimum atomic E-state index is -1.11. The molecule has 5 heterocycles. The SMILES string of the molecule is CC[C@H]1/C2=C/c3[nH]c4c(c3C)[C@H](O)[C@H](C(=O)OC)/C4=C3/N/C(=C\C4=C(C)C(C(C)O)[C@H](/C=C(\N2)[C@@H]1C)N4)[C@@H](C)[C@@H]3CCC(=O)OCCC(C)CCC[C@H](C)CCC[C@H](C)CCCC(C)C. The van der Waals surface area contributed by atoms with E-state index in [1.807, 2.05) is 13.8 Å². The number of H-pyrrole nitrogens is 1. The molecule has 0 saturated carbocycles. The van der Waals surface area contributed by atoms with E-state index in [1.165, 1.54) is 58.5 Å². The first-order valence-corrected chi connectivity index (χ1v) is 25.7. The summed E-state index contributed by atoms with van der Waals surface area (Å²) < 4.78 is 11.3. The third-order valence-electron chi connectivity index (χ3n) is 16.2. The third kappa shape index (κ3) is 11.5. The van der Waals surface area contributed by atoms with Crippen LogP contribution in [0, 0.1) is 66.1 Å². The normalized spacial score (nSPS) is 31.2. The summed E-state index contributed by atoms with van der Waals surface area (Å²) in [5.74, 6) is 1.32. The highest BCUT2D eigenvalue weighted by Crippen LogP contribution is 2.53. The van der Waals surface area contributed by atoms with Crippen LogP contribution >= 0.6 is 0 Å². The maximum Gasteiger partial charge on any atom is 0.316 e. The molecule has 12 atom stereocenters. The smallest absolute Gasteiger partial charge is 0.316 e. The summed E-state index contributed by atoms with van der Waals surface area (Å²) >= 11 is 0. The van der Waals surface area contributed by atoms with Gasteiger partial charge in [0.2, 0.25) is 0 Å². The fourth-order valence-corrected chi connectivity index (χ4v) is 11.9. The van der Waals surface area contributed by atoms with Crippen molar-refractivity contribution in [3.8, 4) is 0 Å². The Kier molecular flexibility index (Phi) is 17.4. The molecular weight excluding hydrogens is 813 g/mol. The van der Waals surface area contributed by atoms with Crippen LogP contribution in [0.25, 0.3) is 11.6 Å². The third-order valence-corrected chi connectivity index (χ3v) is 16.2.